The molecule has 1 spiro atoms. The van der Waals surface area contributed by atoms with Crippen LogP contribution in [0.4, 0.5) is 0 Å². The SMILES string of the molecule is CC1=CCC2C(OPP)C3(O)CC(OP(P(P)P)P(P)P(P)P)C(=O)C3(C1)C2(C)C. The van der Waals surface area contributed by atoms with E-state index >= 15 is 0 Å². The number of carbonyl (C=O) groups excluding carboxylic acids is 1. The molecule has 0 radical (unpaired) electrons. The number of allylic oxidation sites excluding steroid dienone is 2. The van der Waals surface area contributed by atoms with Crippen LogP contribution in [-0.2, 0) is 13.8 Å². The Balaban J connectivity index is 2.05. The number of Topliss-reactive ketones (excluding diaryl/α,β-unsaturated/α-hetero) is 1. The van der Waals surface area contributed by atoms with Crippen molar-refractivity contribution >= 4 is 96.3 Å². The first-order chi connectivity index (χ1) is 13.8. The molecule has 0 amide bonds. The van der Waals surface area contributed by atoms with Gasteiger partial charge in [0, 0.05) is 21.9 Å². The van der Waals surface area contributed by atoms with Gasteiger partial charge in [-0.15, -0.1) is 35.7 Å². The van der Waals surface area contributed by atoms with Gasteiger partial charge in [-0.3, -0.25) is 4.79 Å². The molecule has 0 aromatic heterocycles. The molecule has 2 fully saturated rings. The van der Waals surface area contributed by atoms with Gasteiger partial charge in [-0.1, -0.05) is 43.4 Å². The van der Waals surface area contributed by atoms with Crippen LogP contribution in [0.3, 0.4) is 0 Å². The Bertz CT molecular complexity index is 719. The van der Waals surface area contributed by atoms with E-state index in [9.17, 15) is 9.90 Å². The summed E-state index contributed by atoms with van der Waals surface area (Å²) in [5.74, 6) is 0.211. The van der Waals surface area contributed by atoms with Crippen molar-refractivity contribution in [2.45, 2.75) is 57.8 Å². The molecule has 1 N–H and O–H groups in total. The summed E-state index contributed by atoms with van der Waals surface area (Å²) in [5, 5.41) is 12.2. The lowest BCUT2D eigenvalue weighted by Gasteiger charge is -2.44. The van der Waals surface area contributed by atoms with Gasteiger partial charge in [0.2, 0.25) is 0 Å². The Morgan fingerprint density at radius 2 is 1.83 bits per heavy atom. The van der Waals surface area contributed by atoms with Crippen molar-refractivity contribution in [3.63, 3.8) is 0 Å². The average molecular weight is 618 g/mol. The van der Waals surface area contributed by atoms with Crippen molar-refractivity contribution < 1.29 is 18.9 Å². The van der Waals surface area contributed by atoms with Gasteiger partial charge in [-0.25, -0.2) is 0 Å². The molecule has 3 aliphatic carbocycles. The van der Waals surface area contributed by atoms with Crippen LogP contribution in [0.5, 0.6) is 0 Å². The minimum atomic E-state index is -1.19. The number of carbonyl (C=O) groups is 1. The highest BCUT2D eigenvalue weighted by Crippen LogP contribution is 3.06. The van der Waals surface area contributed by atoms with Crippen molar-refractivity contribution in [3.05, 3.63) is 11.6 Å². The highest BCUT2D eigenvalue weighted by Gasteiger charge is 2.80. The summed E-state index contributed by atoms with van der Waals surface area (Å²) in [6, 6.07) is 0. The highest BCUT2D eigenvalue weighted by atomic mass is 33.1. The minimum Gasteiger partial charge on any atom is -0.386 e. The number of fused-ring (bicyclic) bond motifs is 1. The largest absolute Gasteiger partial charge is 0.386 e. The second-order valence-electron chi connectivity index (χ2n) is 8.77. The smallest absolute Gasteiger partial charge is 0.172 e. The topological polar surface area (TPSA) is 55.8 Å². The second-order valence-corrected chi connectivity index (χ2v) is 41.9. The molecule has 30 heavy (non-hydrogen) atoms. The van der Waals surface area contributed by atoms with Gasteiger partial charge < -0.3 is 14.2 Å². The zero-order chi connectivity index (χ0) is 22.6. The zero-order valence-electron chi connectivity index (χ0n) is 17.4. The van der Waals surface area contributed by atoms with Gasteiger partial charge in [-0.05, 0) is 45.1 Å². The Kier molecular flexibility index (Phi) is 10.3. The molecule has 14 unspecified atom stereocenters. The summed E-state index contributed by atoms with van der Waals surface area (Å²) >= 11 is 0. The van der Waals surface area contributed by atoms with Crippen molar-refractivity contribution in [2.24, 2.45) is 16.7 Å². The fourth-order valence-electron chi connectivity index (χ4n) is 5.75. The monoisotopic (exact) mass is 618 g/mol. The molecule has 0 saturated heterocycles. The van der Waals surface area contributed by atoms with Crippen LogP contribution < -0.4 is 0 Å². The first-order valence-electron chi connectivity index (χ1n) is 9.49. The molecule has 0 aromatic carbocycles. The van der Waals surface area contributed by atoms with E-state index in [1.165, 1.54) is 5.57 Å². The van der Waals surface area contributed by atoms with Crippen LogP contribution in [-0.4, -0.2) is 28.7 Å². The summed E-state index contributed by atoms with van der Waals surface area (Å²) in [4.78, 5) is 14.2. The van der Waals surface area contributed by atoms with E-state index in [1.54, 1.807) is 0 Å². The molecular formula is C15H33O4P11. The van der Waals surface area contributed by atoms with E-state index in [0.717, 1.165) is 6.42 Å². The molecule has 2 bridgehead atoms. The number of aliphatic hydroxyl groups is 1. The maximum Gasteiger partial charge on any atom is 0.172 e. The third-order valence-electron chi connectivity index (χ3n) is 7.10. The molecule has 0 heterocycles. The van der Waals surface area contributed by atoms with Crippen LogP contribution in [0, 0.1) is 16.7 Å². The fraction of sp³-hybridized carbons (Fsp3) is 0.800. The van der Waals surface area contributed by atoms with E-state index in [-0.39, 0.29) is 38.7 Å². The van der Waals surface area contributed by atoms with E-state index < -0.39 is 38.6 Å². The lowest BCUT2D eigenvalue weighted by Crippen LogP contribution is -2.54. The summed E-state index contributed by atoms with van der Waals surface area (Å²) in [7, 11) is 16.7. The number of ketones is 1. The number of hydrogen-bond acceptors (Lipinski definition) is 4. The summed E-state index contributed by atoms with van der Waals surface area (Å²) in [6.45, 7) is 5.22. The molecule has 3 aliphatic rings. The first kappa shape index (κ1) is 28.6. The molecular weight excluding hydrogens is 585 g/mol. The van der Waals surface area contributed by atoms with Crippen LogP contribution in [0.1, 0.15) is 40.0 Å². The van der Waals surface area contributed by atoms with Crippen LogP contribution in [0.2, 0.25) is 0 Å². The van der Waals surface area contributed by atoms with Crippen molar-refractivity contribution in [2.75, 3.05) is 0 Å². The minimum absolute atomic E-state index is 0.0948. The van der Waals surface area contributed by atoms with Gasteiger partial charge in [0.1, 0.15) is 11.7 Å². The van der Waals surface area contributed by atoms with Gasteiger partial charge in [0.05, 0.1) is 19.0 Å². The summed E-state index contributed by atoms with van der Waals surface area (Å²) < 4.78 is 12.8. The van der Waals surface area contributed by atoms with Crippen LogP contribution in [0.25, 0.3) is 0 Å². The zero-order valence-corrected chi connectivity index (χ0v) is 28.9. The molecule has 2 saturated carbocycles. The predicted molar refractivity (Wildman–Crippen MR) is 161 cm³/mol. The van der Waals surface area contributed by atoms with Gasteiger partial charge >= 0.3 is 0 Å². The van der Waals surface area contributed by atoms with Crippen LogP contribution >= 0.6 is 90.6 Å². The normalized spacial score (nSPS) is 40.2. The van der Waals surface area contributed by atoms with Crippen molar-refractivity contribution in [1.82, 2.24) is 0 Å². The molecule has 172 valence electrons. The first-order valence-corrected chi connectivity index (χ1v) is 27.7. The maximum atomic E-state index is 14.2. The number of rotatable bonds is 7. The van der Waals surface area contributed by atoms with Gasteiger partial charge in [0.15, 0.2) is 5.78 Å². The van der Waals surface area contributed by atoms with Gasteiger partial charge in [0.25, 0.3) is 0 Å². The second kappa shape index (κ2) is 10.8. The Labute approximate surface area is 200 Å². The maximum absolute atomic E-state index is 14.2. The lowest BCUT2D eigenvalue weighted by atomic mass is 9.59. The van der Waals surface area contributed by atoms with Crippen molar-refractivity contribution in [1.29, 1.82) is 0 Å². The Hall–Kier alpha value is 4.02. The molecule has 0 aliphatic heterocycles. The Morgan fingerprint density at radius 3 is 2.37 bits per heavy atom. The molecule has 0 aromatic rings. The van der Waals surface area contributed by atoms with Crippen molar-refractivity contribution in [3.8, 4) is 0 Å². The fourth-order valence-corrected chi connectivity index (χ4v) is 50.6. The highest BCUT2D eigenvalue weighted by molar-refractivity contribution is 9.07. The average Bonchev–Trinajstić information content (AvgIpc) is 2.87. The van der Waals surface area contributed by atoms with E-state index in [2.05, 4.69) is 80.4 Å². The molecule has 15 heteroatoms. The van der Waals surface area contributed by atoms with E-state index in [4.69, 9.17) is 9.05 Å². The van der Waals surface area contributed by atoms with Crippen LogP contribution in [0.15, 0.2) is 11.6 Å². The summed E-state index contributed by atoms with van der Waals surface area (Å²) in [5.41, 5.74) is -1.22. The van der Waals surface area contributed by atoms with Gasteiger partial charge in [-0.2, -0.15) is 0 Å². The quantitative estimate of drug-likeness (QED) is 0.234. The summed E-state index contributed by atoms with van der Waals surface area (Å²) in [6.07, 6.45) is 3.12. The third-order valence-corrected chi connectivity index (χ3v) is 48.1. The standard InChI is InChI=1S/C15H33O4P11/c1-8-4-5-9-12(18-26-20)15(17)7-10(11(16)14(15,6-8)13(9,2)3)19-27(28(21)22)30(25)29(23)24/h4,9-10,12,17,26H,5-7,20-25H2,1-3H3. The number of hydrogen-bond donors (Lipinski definition) is 1. The van der Waals surface area contributed by atoms with E-state index in [1.807, 2.05) is 0 Å². The predicted octanol–water partition coefficient (Wildman–Crippen LogP) is 7.76. The lowest BCUT2D eigenvalue weighted by molar-refractivity contribution is -0.150. The Morgan fingerprint density at radius 1 is 1.20 bits per heavy atom. The third kappa shape index (κ3) is 4.58. The molecule has 14 atom stereocenters. The van der Waals surface area contributed by atoms with E-state index in [0.29, 0.717) is 12.8 Å². The molecule has 4 nitrogen and oxygen atoms in total. The molecule has 3 rings (SSSR count).